The van der Waals surface area contributed by atoms with Crippen LogP contribution in [0.3, 0.4) is 0 Å². The van der Waals surface area contributed by atoms with Gasteiger partial charge in [-0.2, -0.15) is 0 Å². The van der Waals surface area contributed by atoms with Crippen molar-refractivity contribution in [2.45, 2.75) is 6.17 Å². The smallest absolute Gasteiger partial charge is 0.163 e. The zero-order chi connectivity index (χ0) is 39.8. The number of fused-ring (bicyclic) bond motifs is 4. The van der Waals surface area contributed by atoms with Gasteiger partial charge in [-0.15, -0.1) is 0 Å². The number of benzene rings is 9. The standard InChI is InChI=1S/C55H38N4O/c1-5-15-37(16-6-1)38-25-29-46(30-26-38)59(45-23-11-4-12-24-45)47-31-27-39(28-32-47)44-34-49-48-33-42-21-13-14-22-43(42)36-51(48)60-52(49)50(35-44)55-57-53(40-17-7-2-8-18-40)56-54(58-55)41-19-9-3-10-20-41/h1-36,53H,(H,56,57,58). The largest absolute Gasteiger partial charge is 0.455 e. The molecule has 284 valence electrons. The second-order valence-corrected chi connectivity index (χ2v) is 15.1. The van der Waals surface area contributed by atoms with Crippen LogP contribution >= 0.6 is 0 Å². The molecule has 0 radical (unpaired) electrons. The second kappa shape index (κ2) is 15.1. The van der Waals surface area contributed by atoms with E-state index in [1.165, 1.54) is 11.1 Å². The molecule has 1 atom stereocenters. The first-order valence-corrected chi connectivity index (χ1v) is 20.3. The third-order valence-electron chi connectivity index (χ3n) is 11.3. The molecule has 0 bridgehead atoms. The summed E-state index contributed by atoms with van der Waals surface area (Å²) < 4.78 is 6.83. The fraction of sp³-hybridized carbons (Fsp3) is 0.0182. The normalized spacial score (nSPS) is 13.8. The Morgan fingerprint density at radius 3 is 1.60 bits per heavy atom. The summed E-state index contributed by atoms with van der Waals surface area (Å²) in [5, 5.41) is 7.98. The van der Waals surface area contributed by atoms with Crippen LogP contribution in [0.1, 0.15) is 22.9 Å². The van der Waals surface area contributed by atoms with Crippen LogP contribution in [0.15, 0.2) is 233 Å². The van der Waals surface area contributed by atoms with Crippen LogP contribution in [0, 0.1) is 0 Å². The number of aliphatic imine (C=N–C) groups is 2. The maximum Gasteiger partial charge on any atom is 0.163 e. The monoisotopic (exact) mass is 770 g/mol. The van der Waals surface area contributed by atoms with E-state index in [-0.39, 0.29) is 6.17 Å². The van der Waals surface area contributed by atoms with Crippen LogP contribution in [0.25, 0.3) is 55.0 Å². The van der Waals surface area contributed by atoms with Gasteiger partial charge in [0.15, 0.2) is 5.84 Å². The Kier molecular flexibility index (Phi) is 8.82. The number of rotatable bonds is 8. The summed E-state index contributed by atoms with van der Waals surface area (Å²) in [4.78, 5) is 12.8. The fourth-order valence-electron chi connectivity index (χ4n) is 8.27. The van der Waals surface area contributed by atoms with Gasteiger partial charge in [0.2, 0.25) is 0 Å². The predicted molar refractivity (Wildman–Crippen MR) is 249 cm³/mol. The van der Waals surface area contributed by atoms with Crippen LogP contribution in [0.5, 0.6) is 0 Å². The summed E-state index contributed by atoms with van der Waals surface area (Å²) in [6.07, 6.45) is -0.343. The van der Waals surface area contributed by atoms with Gasteiger partial charge in [0, 0.05) is 33.4 Å². The van der Waals surface area contributed by atoms with E-state index in [1.807, 2.05) is 36.4 Å². The Hall–Kier alpha value is -8.02. The van der Waals surface area contributed by atoms with Gasteiger partial charge < -0.3 is 14.6 Å². The molecule has 1 aliphatic heterocycles. The number of hydrogen-bond acceptors (Lipinski definition) is 5. The summed E-state index contributed by atoms with van der Waals surface area (Å²) in [7, 11) is 0. The van der Waals surface area contributed by atoms with Crippen LogP contribution < -0.4 is 10.2 Å². The van der Waals surface area contributed by atoms with E-state index in [1.54, 1.807) is 0 Å². The molecule has 10 aromatic rings. The Morgan fingerprint density at radius 2 is 0.950 bits per heavy atom. The average Bonchev–Trinajstić information content (AvgIpc) is 3.69. The molecule has 9 aromatic carbocycles. The zero-order valence-corrected chi connectivity index (χ0v) is 32.6. The van der Waals surface area contributed by atoms with Gasteiger partial charge in [0.1, 0.15) is 23.2 Å². The molecule has 0 aliphatic carbocycles. The highest BCUT2D eigenvalue weighted by Crippen LogP contribution is 2.40. The van der Waals surface area contributed by atoms with E-state index in [9.17, 15) is 0 Å². The van der Waals surface area contributed by atoms with E-state index >= 15 is 0 Å². The van der Waals surface area contributed by atoms with E-state index < -0.39 is 0 Å². The topological polar surface area (TPSA) is 53.1 Å². The summed E-state index contributed by atoms with van der Waals surface area (Å²) in [6.45, 7) is 0. The van der Waals surface area contributed by atoms with Crippen molar-refractivity contribution >= 4 is 61.4 Å². The molecule has 0 saturated carbocycles. The molecule has 5 nitrogen and oxygen atoms in total. The lowest BCUT2D eigenvalue weighted by molar-refractivity contribution is 0.663. The minimum absolute atomic E-state index is 0.343. The van der Waals surface area contributed by atoms with E-state index in [4.69, 9.17) is 14.4 Å². The Bertz CT molecular complexity index is 3190. The van der Waals surface area contributed by atoms with Crippen LogP contribution in [0.2, 0.25) is 0 Å². The first kappa shape index (κ1) is 35.2. The molecular formula is C55H38N4O. The van der Waals surface area contributed by atoms with Crippen molar-refractivity contribution in [2.24, 2.45) is 9.98 Å². The summed E-state index contributed by atoms with van der Waals surface area (Å²) in [5.74, 6) is 1.37. The van der Waals surface area contributed by atoms with Crippen molar-refractivity contribution in [3.8, 4) is 22.3 Å². The number of amidine groups is 2. The minimum Gasteiger partial charge on any atom is -0.455 e. The molecule has 0 fully saturated rings. The predicted octanol–water partition coefficient (Wildman–Crippen LogP) is 14.0. The third kappa shape index (κ3) is 6.58. The highest BCUT2D eigenvalue weighted by atomic mass is 16.3. The molecule has 1 aromatic heterocycles. The summed E-state index contributed by atoms with van der Waals surface area (Å²) in [6, 6.07) is 76.5. The molecule has 0 amide bonds. The Balaban J connectivity index is 1.06. The minimum atomic E-state index is -0.343. The lowest BCUT2D eigenvalue weighted by Gasteiger charge is -2.26. The number of nitrogens with one attached hydrogen (secondary N) is 1. The maximum absolute atomic E-state index is 6.83. The van der Waals surface area contributed by atoms with Gasteiger partial charge in [-0.3, -0.25) is 0 Å². The molecule has 0 spiro atoms. The number of nitrogens with zero attached hydrogens (tertiary/aromatic N) is 3. The van der Waals surface area contributed by atoms with E-state index in [2.05, 4.69) is 192 Å². The lowest BCUT2D eigenvalue weighted by atomic mass is 9.97. The number of para-hydroxylation sites is 1. The van der Waals surface area contributed by atoms with Crippen molar-refractivity contribution in [1.82, 2.24) is 5.32 Å². The number of hydrogen-bond donors (Lipinski definition) is 1. The van der Waals surface area contributed by atoms with Crippen molar-refractivity contribution in [1.29, 1.82) is 0 Å². The average molecular weight is 771 g/mol. The quantitative estimate of drug-likeness (QED) is 0.167. The first-order valence-electron chi connectivity index (χ1n) is 20.3. The SMILES string of the molecule is c1ccc(C2=NC(c3cc(-c4ccc(N(c5ccccc5)c5ccc(-c6ccccc6)cc5)cc4)cc4c3oc3cc5ccccc5cc34)=NC(c3ccccc3)N2)cc1. The van der Waals surface area contributed by atoms with Crippen molar-refractivity contribution in [3.63, 3.8) is 0 Å². The van der Waals surface area contributed by atoms with Gasteiger partial charge in [-0.1, -0.05) is 158 Å². The molecule has 1 unspecified atom stereocenters. The van der Waals surface area contributed by atoms with Crippen LogP contribution in [-0.4, -0.2) is 11.7 Å². The van der Waals surface area contributed by atoms with Gasteiger partial charge in [-0.05, 0) is 99.3 Å². The molecule has 1 aliphatic rings. The van der Waals surface area contributed by atoms with Crippen LogP contribution in [-0.2, 0) is 0 Å². The molecule has 1 N–H and O–H groups in total. The molecule has 0 saturated heterocycles. The van der Waals surface area contributed by atoms with Gasteiger partial charge in [0.05, 0.1) is 5.56 Å². The van der Waals surface area contributed by atoms with Gasteiger partial charge in [0.25, 0.3) is 0 Å². The third-order valence-corrected chi connectivity index (χ3v) is 11.3. The first-order chi connectivity index (χ1) is 29.7. The van der Waals surface area contributed by atoms with Crippen LogP contribution in [0.4, 0.5) is 17.1 Å². The highest BCUT2D eigenvalue weighted by Gasteiger charge is 2.25. The fourth-order valence-corrected chi connectivity index (χ4v) is 8.27. The molecular weight excluding hydrogens is 733 g/mol. The number of furan rings is 1. The number of anilines is 3. The maximum atomic E-state index is 6.83. The summed E-state index contributed by atoms with van der Waals surface area (Å²) in [5.41, 5.74) is 12.2. The molecule has 2 heterocycles. The van der Waals surface area contributed by atoms with Crippen molar-refractivity contribution in [3.05, 3.63) is 235 Å². The molecule has 11 rings (SSSR count). The van der Waals surface area contributed by atoms with Gasteiger partial charge >= 0.3 is 0 Å². The Morgan fingerprint density at radius 1 is 0.433 bits per heavy atom. The zero-order valence-electron chi connectivity index (χ0n) is 32.6. The van der Waals surface area contributed by atoms with E-state index in [0.717, 1.165) is 83.4 Å². The molecule has 5 heteroatoms. The highest BCUT2D eigenvalue weighted by molar-refractivity contribution is 6.21. The Labute approximate surface area is 348 Å². The van der Waals surface area contributed by atoms with Crippen molar-refractivity contribution < 1.29 is 4.42 Å². The molecule has 60 heavy (non-hydrogen) atoms. The van der Waals surface area contributed by atoms with Crippen molar-refractivity contribution in [2.75, 3.05) is 4.90 Å². The lowest BCUT2D eigenvalue weighted by Crippen LogP contribution is -2.33. The second-order valence-electron chi connectivity index (χ2n) is 15.1. The van der Waals surface area contributed by atoms with Gasteiger partial charge in [-0.25, -0.2) is 9.98 Å². The van der Waals surface area contributed by atoms with E-state index in [0.29, 0.717) is 5.84 Å². The summed E-state index contributed by atoms with van der Waals surface area (Å²) >= 11 is 0.